The lowest BCUT2D eigenvalue weighted by Crippen LogP contribution is -2.36. The molecule has 9 heteroatoms. The summed E-state index contributed by atoms with van der Waals surface area (Å²) in [5, 5.41) is 9.25. The Labute approximate surface area is 190 Å². The molecule has 31 heavy (non-hydrogen) atoms. The fraction of sp³-hybridized carbons (Fsp3) is 0.864. The van der Waals surface area contributed by atoms with Gasteiger partial charge in [-0.05, 0) is 25.2 Å². The summed E-state index contributed by atoms with van der Waals surface area (Å²) in [7, 11) is 0. The highest BCUT2D eigenvalue weighted by atomic mass is 32.2. The highest BCUT2D eigenvalue weighted by Crippen LogP contribution is 2.33. The molecule has 0 aliphatic carbocycles. The van der Waals surface area contributed by atoms with E-state index in [1.807, 2.05) is 25.6 Å². The molecule has 0 aromatic rings. The average Bonchev–Trinajstić information content (AvgIpc) is 3.25. The third-order valence-corrected chi connectivity index (χ3v) is 6.92. The molecule has 0 aromatic carbocycles. The summed E-state index contributed by atoms with van der Waals surface area (Å²) in [5.74, 6) is 1.70. The lowest BCUT2D eigenvalue weighted by Gasteiger charge is -2.16. The number of thioether (sulfide) groups is 1. The Kier molecular flexibility index (Phi) is 12.3. The maximum absolute atomic E-state index is 12.0. The summed E-state index contributed by atoms with van der Waals surface area (Å²) in [6, 6.07) is 0.470. The number of carbonyl (C=O) groups is 3. The second-order valence-corrected chi connectivity index (χ2v) is 9.95. The SMILES string of the molecule is CC(C)CC(=O)NCCOCCOCCCC(=O)CCCCC1SCC2NC(=O)NC21. The van der Waals surface area contributed by atoms with E-state index < -0.39 is 0 Å². The topological polar surface area (TPSA) is 106 Å². The predicted octanol–water partition coefficient (Wildman–Crippen LogP) is 2.26. The van der Waals surface area contributed by atoms with E-state index in [1.165, 1.54) is 0 Å². The third kappa shape index (κ3) is 10.7. The van der Waals surface area contributed by atoms with Gasteiger partial charge < -0.3 is 25.4 Å². The van der Waals surface area contributed by atoms with Crippen LogP contribution < -0.4 is 16.0 Å². The summed E-state index contributed by atoms with van der Waals surface area (Å²) in [4.78, 5) is 34.9. The molecule has 3 amide bonds. The van der Waals surface area contributed by atoms with Crippen molar-refractivity contribution in [1.29, 1.82) is 0 Å². The first-order valence-corrected chi connectivity index (χ1v) is 12.6. The lowest BCUT2D eigenvalue weighted by molar-refractivity contribution is -0.122. The van der Waals surface area contributed by atoms with Gasteiger partial charge in [0.1, 0.15) is 5.78 Å². The van der Waals surface area contributed by atoms with Gasteiger partial charge in [-0.2, -0.15) is 11.8 Å². The van der Waals surface area contributed by atoms with E-state index in [9.17, 15) is 14.4 Å². The standard InChI is InChI=1S/C22H39N3O5S/c1-16(2)14-20(27)23-9-11-30-13-12-29-10-5-7-17(26)6-3-4-8-19-21-18(15-31-19)24-22(28)25-21/h16,18-19,21H,3-15H2,1-2H3,(H,23,27)(H2,24,25,28). The molecule has 0 saturated carbocycles. The number of unbranched alkanes of at least 4 members (excludes halogenated alkanes) is 1. The van der Waals surface area contributed by atoms with Crippen molar-refractivity contribution in [2.75, 3.05) is 38.7 Å². The molecule has 2 aliphatic rings. The van der Waals surface area contributed by atoms with Crippen LogP contribution in [0.15, 0.2) is 0 Å². The monoisotopic (exact) mass is 457 g/mol. The predicted molar refractivity (Wildman–Crippen MR) is 122 cm³/mol. The number of urea groups is 1. The first-order chi connectivity index (χ1) is 15.0. The molecular formula is C22H39N3O5S. The normalized spacial score (nSPS) is 22.3. The van der Waals surface area contributed by atoms with Crippen LogP contribution in [-0.2, 0) is 19.1 Å². The van der Waals surface area contributed by atoms with Crippen LogP contribution in [0.2, 0.25) is 0 Å². The van der Waals surface area contributed by atoms with Crippen LogP contribution in [0, 0.1) is 5.92 Å². The van der Waals surface area contributed by atoms with Crippen LogP contribution in [0.5, 0.6) is 0 Å². The molecule has 0 spiro atoms. The highest BCUT2D eigenvalue weighted by Gasteiger charge is 2.42. The van der Waals surface area contributed by atoms with E-state index in [4.69, 9.17) is 9.47 Å². The Hall–Kier alpha value is -1.32. The highest BCUT2D eigenvalue weighted by molar-refractivity contribution is 8.00. The van der Waals surface area contributed by atoms with Crippen molar-refractivity contribution in [3.05, 3.63) is 0 Å². The number of carbonyl (C=O) groups excluding carboxylic acids is 3. The molecule has 3 N–H and O–H groups in total. The van der Waals surface area contributed by atoms with Crippen LogP contribution in [0.1, 0.15) is 58.8 Å². The molecule has 0 bridgehead atoms. The van der Waals surface area contributed by atoms with Gasteiger partial charge in [-0.3, -0.25) is 9.59 Å². The second-order valence-electron chi connectivity index (χ2n) is 8.68. The minimum Gasteiger partial charge on any atom is -0.379 e. The van der Waals surface area contributed by atoms with Gasteiger partial charge in [0.2, 0.25) is 5.91 Å². The summed E-state index contributed by atoms with van der Waals surface area (Å²) in [6.45, 7) is 6.59. The van der Waals surface area contributed by atoms with Crippen molar-refractivity contribution >= 4 is 29.5 Å². The largest absolute Gasteiger partial charge is 0.379 e. The summed E-state index contributed by atoms with van der Waals surface area (Å²) < 4.78 is 10.9. The first kappa shape index (κ1) is 25.9. The van der Waals surface area contributed by atoms with E-state index in [0.29, 0.717) is 69.2 Å². The number of amides is 3. The number of hydrogen-bond acceptors (Lipinski definition) is 6. The minimum absolute atomic E-state index is 0.0464. The van der Waals surface area contributed by atoms with E-state index in [0.717, 1.165) is 31.4 Å². The zero-order valence-electron chi connectivity index (χ0n) is 19.0. The molecule has 0 radical (unpaired) electrons. The molecule has 2 aliphatic heterocycles. The van der Waals surface area contributed by atoms with Gasteiger partial charge in [0.15, 0.2) is 0 Å². The molecule has 0 aromatic heterocycles. The molecule has 2 rings (SSSR count). The fourth-order valence-corrected chi connectivity index (χ4v) is 5.38. The summed E-state index contributed by atoms with van der Waals surface area (Å²) in [5.41, 5.74) is 0. The second kappa shape index (κ2) is 14.7. The van der Waals surface area contributed by atoms with Crippen molar-refractivity contribution in [2.45, 2.75) is 76.1 Å². The van der Waals surface area contributed by atoms with Gasteiger partial charge in [0, 0.05) is 43.4 Å². The Morgan fingerprint density at radius 1 is 1.06 bits per heavy atom. The fourth-order valence-electron chi connectivity index (χ4n) is 3.83. The van der Waals surface area contributed by atoms with Gasteiger partial charge in [-0.25, -0.2) is 4.79 Å². The van der Waals surface area contributed by atoms with Crippen molar-refractivity contribution in [3.8, 4) is 0 Å². The molecule has 3 unspecified atom stereocenters. The van der Waals surface area contributed by atoms with E-state index in [-0.39, 0.29) is 24.0 Å². The number of hydrogen-bond donors (Lipinski definition) is 3. The van der Waals surface area contributed by atoms with E-state index >= 15 is 0 Å². The van der Waals surface area contributed by atoms with Crippen molar-refractivity contribution in [3.63, 3.8) is 0 Å². The minimum atomic E-state index is -0.0464. The Morgan fingerprint density at radius 3 is 2.58 bits per heavy atom. The van der Waals surface area contributed by atoms with Crippen LogP contribution in [0.4, 0.5) is 4.79 Å². The maximum Gasteiger partial charge on any atom is 0.315 e. The van der Waals surface area contributed by atoms with Crippen LogP contribution >= 0.6 is 11.8 Å². The Balaban J connectivity index is 1.33. The Morgan fingerprint density at radius 2 is 1.81 bits per heavy atom. The van der Waals surface area contributed by atoms with Crippen LogP contribution in [0.25, 0.3) is 0 Å². The zero-order chi connectivity index (χ0) is 22.5. The van der Waals surface area contributed by atoms with Crippen molar-refractivity contribution in [1.82, 2.24) is 16.0 Å². The molecule has 2 heterocycles. The number of nitrogens with one attached hydrogen (secondary N) is 3. The van der Waals surface area contributed by atoms with Crippen LogP contribution in [-0.4, -0.2) is 73.8 Å². The maximum atomic E-state index is 12.0. The number of rotatable bonds is 17. The molecular weight excluding hydrogens is 418 g/mol. The number of ether oxygens (including phenoxy) is 2. The smallest absolute Gasteiger partial charge is 0.315 e. The summed E-state index contributed by atoms with van der Waals surface area (Å²) in [6.07, 6.45) is 5.45. The van der Waals surface area contributed by atoms with Crippen molar-refractivity contribution < 1.29 is 23.9 Å². The first-order valence-electron chi connectivity index (χ1n) is 11.6. The lowest BCUT2D eigenvalue weighted by atomic mass is 10.0. The van der Waals surface area contributed by atoms with Gasteiger partial charge in [0.25, 0.3) is 0 Å². The van der Waals surface area contributed by atoms with Gasteiger partial charge >= 0.3 is 6.03 Å². The number of fused-ring (bicyclic) bond motifs is 1. The van der Waals surface area contributed by atoms with E-state index in [1.54, 1.807) is 0 Å². The Bertz CT molecular complexity index is 575. The zero-order valence-corrected chi connectivity index (χ0v) is 19.8. The molecule has 3 atom stereocenters. The van der Waals surface area contributed by atoms with E-state index in [2.05, 4.69) is 16.0 Å². The summed E-state index contributed by atoms with van der Waals surface area (Å²) >= 11 is 1.92. The average molecular weight is 458 g/mol. The quantitative estimate of drug-likeness (QED) is 0.229. The van der Waals surface area contributed by atoms with Crippen molar-refractivity contribution in [2.24, 2.45) is 5.92 Å². The number of Topliss-reactive ketones (excluding diaryl/α,β-unsaturated/α-hetero) is 1. The molecule has 178 valence electrons. The third-order valence-electron chi connectivity index (χ3n) is 5.41. The van der Waals surface area contributed by atoms with Gasteiger partial charge in [0.05, 0.1) is 31.9 Å². The number of ketones is 1. The van der Waals surface area contributed by atoms with Gasteiger partial charge in [-0.15, -0.1) is 0 Å². The van der Waals surface area contributed by atoms with Crippen LogP contribution in [0.3, 0.4) is 0 Å². The molecule has 8 nitrogen and oxygen atoms in total. The molecule has 2 fully saturated rings. The van der Waals surface area contributed by atoms with Gasteiger partial charge in [-0.1, -0.05) is 20.3 Å². The molecule has 2 saturated heterocycles.